The minimum absolute atomic E-state index is 0.370. The molecule has 1 rings (SSSR count). The molecule has 0 N–H and O–H groups in total. The molecule has 0 amide bonds. The first-order chi connectivity index (χ1) is 7.14. The molecule has 0 bridgehead atoms. The second kappa shape index (κ2) is 4.07. The summed E-state index contributed by atoms with van der Waals surface area (Å²) < 4.78 is 37.9. The Hall–Kier alpha value is -1.06. The summed E-state index contributed by atoms with van der Waals surface area (Å²) in [5.41, 5.74) is -0.00579. The molecule has 0 aliphatic carbocycles. The van der Waals surface area contributed by atoms with Gasteiger partial charge in [-0.15, -0.1) is 0 Å². The van der Waals surface area contributed by atoms with Gasteiger partial charge in [0.15, 0.2) is 0 Å². The monoisotopic (exact) mass is 231 g/mol. The Morgan fingerprint density at radius 3 is 2.06 bits per heavy atom. The second-order valence-corrected chi connectivity index (χ2v) is 4.83. The van der Waals surface area contributed by atoms with E-state index in [1.807, 2.05) is 20.8 Å². The van der Waals surface area contributed by atoms with E-state index in [0.29, 0.717) is 17.8 Å². The van der Waals surface area contributed by atoms with Gasteiger partial charge in [0.1, 0.15) is 0 Å². The first-order valence-corrected chi connectivity index (χ1v) is 5.23. The van der Waals surface area contributed by atoms with Crippen molar-refractivity contribution in [2.45, 2.75) is 45.7 Å². The Balaban J connectivity index is 3.33. The third-order valence-electron chi connectivity index (χ3n) is 2.34. The summed E-state index contributed by atoms with van der Waals surface area (Å²) in [6.07, 6.45) is -3.79. The van der Waals surface area contributed by atoms with Crippen molar-refractivity contribution in [3.63, 3.8) is 0 Å². The summed E-state index contributed by atoms with van der Waals surface area (Å²) in [4.78, 5) is 4.24. The van der Waals surface area contributed by atoms with E-state index in [4.69, 9.17) is 0 Å². The van der Waals surface area contributed by atoms with Gasteiger partial charge in [-0.3, -0.25) is 4.98 Å². The molecule has 0 aliphatic heterocycles. The van der Waals surface area contributed by atoms with E-state index in [9.17, 15) is 13.2 Å². The third kappa shape index (κ3) is 2.97. The van der Waals surface area contributed by atoms with Gasteiger partial charge < -0.3 is 0 Å². The van der Waals surface area contributed by atoms with Gasteiger partial charge in [-0.1, -0.05) is 27.7 Å². The fourth-order valence-electron chi connectivity index (χ4n) is 1.32. The molecule has 1 aromatic rings. The lowest BCUT2D eigenvalue weighted by molar-refractivity contribution is -0.137. The van der Waals surface area contributed by atoms with Crippen LogP contribution in [0.25, 0.3) is 0 Å². The molecule has 90 valence electrons. The molecular weight excluding hydrogens is 215 g/mol. The van der Waals surface area contributed by atoms with Crippen molar-refractivity contribution >= 4 is 0 Å². The number of hydrogen-bond acceptors (Lipinski definition) is 1. The van der Waals surface area contributed by atoms with Crippen LogP contribution < -0.4 is 0 Å². The normalized spacial score (nSPS) is 12.9. The van der Waals surface area contributed by atoms with Crippen LogP contribution in [-0.4, -0.2) is 4.98 Å². The summed E-state index contributed by atoms with van der Waals surface area (Å²) in [5, 5.41) is 0. The van der Waals surface area contributed by atoms with Crippen molar-refractivity contribution in [1.82, 2.24) is 4.98 Å². The van der Waals surface area contributed by atoms with Crippen LogP contribution in [0.3, 0.4) is 0 Å². The molecule has 0 fully saturated rings. The van der Waals surface area contributed by atoms with E-state index in [2.05, 4.69) is 4.98 Å². The maximum atomic E-state index is 12.6. The maximum Gasteiger partial charge on any atom is 0.416 e. The average Bonchev–Trinajstić information content (AvgIpc) is 2.14. The molecule has 0 radical (unpaired) electrons. The minimum Gasteiger partial charge on any atom is -0.257 e. The molecular formula is C12H16F3N. The van der Waals surface area contributed by atoms with Crippen LogP contribution in [0.5, 0.6) is 0 Å². The Morgan fingerprint density at radius 2 is 1.69 bits per heavy atom. The van der Waals surface area contributed by atoms with Crippen LogP contribution in [0.2, 0.25) is 0 Å². The molecule has 0 aromatic carbocycles. The summed E-state index contributed by atoms with van der Waals surface area (Å²) in [6, 6.07) is 2.26. The van der Waals surface area contributed by atoms with Crippen LogP contribution in [0.4, 0.5) is 13.2 Å². The molecule has 1 aromatic heterocycles. The van der Waals surface area contributed by atoms with Crippen LogP contribution in [0.15, 0.2) is 12.1 Å². The Kier molecular flexibility index (Phi) is 3.31. The number of pyridine rings is 1. The van der Waals surface area contributed by atoms with Gasteiger partial charge in [0, 0.05) is 16.8 Å². The summed E-state index contributed by atoms with van der Waals surface area (Å²) >= 11 is 0. The molecule has 0 atom stereocenters. The molecule has 0 saturated heterocycles. The van der Waals surface area contributed by atoms with Crippen molar-refractivity contribution in [3.05, 3.63) is 29.1 Å². The Bertz CT molecular complexity index is 343. The van der Waals surface area contributed by atoms with Crippen molar-refractivity contribution in [2.75, 3.05) is 0 Å². The maximum absolute atomic E-state index is 12.6. The first-order valence-electron chi connectivity index (χ1n) is 5.23. The van der Waals surface area contributed by atoms with E-state index < -0.39 is 11.7 Å². The number of aromatic nitrogens is 1. The molecule has 0 saturated carbocycles. The fraction of sp³-hybridized carbons (Fsp3) is 0.583. The summed E-state index contributed by atoms with van der Waals surface area (Å²) in [5.74, 6) is 0. The highest BCUT2D eigenvalue weighted by atomic mass is 19.4. The number of nitrogens with zero attached hydrogens (tertiary/aromatic N) is 1. The largest absolute Gasteiger partial charge is 0.416 e. The Labute approximate surface area is 93.7 Å². The second-order valence-electron chi connectivity index (χ2n) is 4.83. The predicted octanol–water partition coefficient (Wildman–Crippen LogP) is 3.96. The smallest absolute Gasteiger partial charge is 0.257 e. The lowest BCUT2D eigenvalue weighted by Crippen LogP contribution is -2.17. The van der Waals surface area contributed by atoms with E-state index in [0.717, 1.165) is 12.1 Å². The van der Waals surface area contributed by atoms with E-state index in [1.54, 1.807) is 6.92 Å². The average molecular weight is 231 g/mol. The molecule has 1 nitrogen and oxygen atoms in total. The fourth-order valence-corrected chi connectivity index (χ4v) is 1.32. The predicted molar refractivity (Wildman–Crippen MR) is 57.3 cm³/mol. The standard InChI is InChI=1S/C12H16F3N/c1-5-9-6-8(12(13,14)15)7-10(16-9)11(2,3)4/h6-7H,5H2,1-4H3. The highest BCUT2D eigenvalue weighted by Crippen LogP contribution is 2.32. The van der Waals surface area contributed by atoms with Gasteiger partial charge in [0.05, 0.1) is 5.56 Å². The molecule has 1 heterocycles. The van der Waals surface area contributed by atoms with Crippen LogP contribution in [0, 0.1) is 0 Å². The van der Waals surface area contributed by atoms with E-state index >= 15 is 0 Å². The number of aryl methyl sites for hydroxylation is 1. The quantitative estimate of drug-likeness (QED) is 0.712. The zero-order chi connectivity index (χ0) is 12.6. The van der Waals surface area contributed by atoms with Crippen molar-refractivity contribution in [2.24, 2.45) is 0 Å². The van der Waals surface area contributed by atoms with Crippen LogP contribution in [0.1, 0.15) is 44.6 Å². The van der Waals surface area contributed by atoms with E-state index in [1.165, 1.54) is 0 Å². The Morgan fingerprint density at radius 1 is 1.12 bits per heavy atom. The van der Waals surface area contributed by atoms with Crippen molar-refractivity contribution < 1.29 is 13.2 Å². The summed E-state index contributed by atoms with van der Waals surface area (Å²) in [6.45, 7) is 7.37. The zero-order valence-electron chi connectivity index (χ0n) is 9.94. The van der Waals surface area contributed by atoms with Gasteiger partial charge in [0.2, 0.25) is 0 Å². The molecule has 0 unspecified atom stereocenters. The number of rotatable bonds is 1. The van der Waals surface area contributed by atoms with E-state index in [-0.39, 0.29) is 5.41 Å². The number of hydrogen-bond donors (Lipinski definition) is 0. The van der Waals surface area contributed by atoms with Gasteiger partial charge in [-0.05, 0) is 18.6 Å². The minimum atomic E-state index is -4.30. The van der Waals surface area contributed by atoms with Gasteiger partial charge >= 0.3 is 6.18 Å². The van der Waals surface area contributed by atoms with Crippen LogP contribution in [-0.2, 0) is 18.0 Å². The van der Waals surface area contributed by atoms with Gasteiger partial charge in [0.25, 0.3) is 0 Å². The molecule has 4 heteroatoms. The number of halogens is 3. The van der Waals surface area contributed by atoms with Gasteiger partial charge in [-0.2, -0.15) is 13.2 Å². The SMILES string of the molecule is CCc1cc(C(F)(F)F)cc(C(C)(C)C)n1. The molecule has 16 heavy (non-hydrogen) atoms. The lowest BCUT2D eigenvalue weighted by atomic mass is 9.90. The van der Waals surface area contributed by atoms with Crippen LogP contribution >= 0.6 is 0 Å². The zero-order valence-corrected chi connectivity index (χ0v) is 9.94. The molecule has 0 spiro atoms. The highest BCUT2D eigenvalue weighted by molar-refractivity contribution is 5.27. The number of alkyl halides is 3. The van der Waals surface area contributed by atoms with Crippen molar-refractivity contribution in [1.29, 1.82) is 0 Å². The highest BCUT2D eigenvalue weighted by Gasteiger charge is 2.32. The first kappa shape index (κ1) is 13.0. The topological polar surface area (TPSA) is 12.9 Å². The molecule has 0 aliphatic rings. The van der Waals surface area contributed by atoms with Gasteiger partial charge in [-0.25, -0.2) is 0 Å². The third-order valence-corrected chi connectivity index (χ3v) is 2.34. The lowest BCUT2D eigenvalue weighted by Gasteiger charge is -2.20. The summed E-state index contributed by atoms with van der Waals surface area (Å²) in [7, 11) is 0. The van der Waals surface area contributed by atoms with Crippen molar-refractivity contribution in [3.8, 4) is 0 Å².